The first kappa shape index (κ1) is 5.73. The summed E-state index contributed by atoms with van der Waals surface area (Å²) in [7, 11) is -1.22. The smallest absolute Gasteiger partial charge is 0.184 e. The van der Waals surface area contributed by atoms with E-state index in [9.17, 15) is 8.42 Å². The maximum atomic E-state index is 10.1. The molecule has 8 heavy (non-hydrogen) atoms. The predicted molar refractivity (Wildman–Crippen MR) is 36.1 cm³/mol. The minimum atomic E-state index is -2.00. The Kier molecular flexibility index (Phi) is 1.61. The number of rotatable bonds is 0. The first-order valence-corrected chi connectivity index (χ1v) is 4.01. The molecule has 0 saturated carbocycles. The highest BCUT2D eigenvalue weighted by molar-refractivity contribution is 7.89. The highest BCUT2D eigenvalue weighted by Crippen LogP contribution is 2.04. The molecule has 0 spiro atoms. The second-order valence-electron chi connectivity index (χ2n) is 1.21. The van der Waals surface area contributed by atoms with Crippen LogP contribution in [0.5, 0.6) is 0 Å². The summed E-state index contributed by atoms with van der Waals surface area (Å²) in [5.41, 5.74) is 0. The van der Waals surface area contributed by atoms with Crippen LogP contribution in [0, 0.1) is 0 Å². The monoisotopic (exact) mass is 146 g/mol. The van der Waals surface area contributed by atoms with Crippen LogP contribution in [0.15, 0.2) is 12.2 Å². The summed E-state index contributed by atoms with van der Waals surface area (Å²) in [6.07, 6.45) is 3.32. The molecule has 1 rings (SSSR count). The molecule has 0 aromatic carbocycles. The van der Waals surface area contributed by atoms with Gasteiger partial charge in [-0.05, 0) is 11.9 Å². The van der Waals surface area contributed by atoms with Gasteiger partial charge < -0.3 is 0 Å². The Morgan fingerprint density at radius 1 is 1.50 bits per heavy atom. The number of hydrogen-bond acceptors (Lipinski definition) is 2. The van der Waals surface area contributed by atoms with Crippen molar-refractivity contribution in [2.24, 2.45) is 0 Å². The molecule has 0 saturated heterocycles. The van der Waals surface area contributed by atoms with E-state index in [0.717, 1.165) is 8.20 Å². The lowest BCUT2D eigenvalue weighted by atomic mass is 10.6. The maximum Gasteiger partial charge on any atom is 0.226 e. The Bertz CT molecular complexity index is 248. The molecule has 0 aliphatic carbocycles. The second kappa shape index (κ2) is 2.25. The lowest BCUT2D eigenvalue weighted by Gasteiger charge is -1.67. The molecule has 0 atom stereocenters. The number of allylic oxidation sites excluding steroid dienone is 2. The molecule has 0 N–H and O–H groups in total. The van der Waals surface area contributed by atoms with Crippen LogP contribution < -0.4 is 0 Å². The van der Waals surface area contributed by atoms with E-state index >= 15 is 0 Å². The van der Waals surface area contributed by atoms with Crippen molar-refractivity contribution in [3.05, 3.63) is 12.2 Å². The summed E-state index contributed by atoms with van der Waals surface area (Å²) in [6, 6.07) is 0. The van der Waals surface area contributed by atoms with Crippen LogP contribution >= 0.6 is 8.20 Å². The van der Waals surface area contributed by atoms with Gasteiger partial charge in [0.05, 0.1) is 0 Å². The summed E-state index contributed by atoms with van der Waals surface area (Å²) in [6.45, 7) is 0. The van der Waals surface area contributed by atoms with Crippen molar-refractivity contribution in [1.29, 1.82) is 0 Å². The number of hydrogen-bond donors (Lipinski definition) is 0. The highest BCUT2D eigenvalue weighted by Gasteiger charge is 1.92. The molecule has 0 unspecified atom stereocenters. The van der Waals surface area contributed by atoms with Gasteiger partial charge >= 0.3 is 0 Å². The first-order valence-electron chi connectivity index (χ1n) is 1.97. The zero-order chi connectivity index (χ0) is 5.98. The molecule has 2 nitrogen and oxygen atoms in total. The van der Waals surface area contributed by atoms with Crippen molar-refractivity contribution in [1.82, 2.24) is 0 Å². The van der Waals surface area contributed by atoms with Crippen molar-refractivity contribution in [2.45, 2.75) is 0 Å². The van der Waals surface area contributed by atoms with Gasteiger partial charge in [0.2, 0.25) is 10.3 Å². The SMILES string of the molecule is O=S(=O)=C1C=CC=P1. The zero-order valence-corrected chi connectivity index (χ0v) is 5.61. The Balaban J connectivity index is 3.29. The predicted octanol–water partition coefficient (Wildman–Crippen LogP) is 0.314. The van der Waals surface area contributed by atoms with Gasteiger partial charge in [-0.15, -0.1) is 0 Å². The van der Waals surface area contributed by atoms with Gasteiger partial charge in [0.25, 0.3) is 0 Å². The van der Waals surface area contributed by atoms with Crippen LogP contribution in [-0.4, -0.2) is 18.8 Å². The van der Waals surface area contributed by atoms with E-state index < -0.39 is 10.3 Å². The van der Waals surface area contributed by atoms with E-state index in [4.69, 9.17) is 0 Å². The molecule has 0 fully saturated rings. The molecule has 0 amide bonds. The van der Waals surface area contributed by atoms with Gasteiger partial charge in [0, 0.05) is 0 Å². The normalized spacial score (nSPS) is 17.2. The molecule has 42 valence electrons. The van der Waals surface area contributed by atoms with E-state index in [0.29, 0.717) is 4.61 Å². The van der Waals surface area contributed by atoms with Crippen molar-refractivity contribution in [3.63, 3.8) is 0 Å². The van der Waals surface area contributed by atoms with E-state index in [-0.39, 0.29) is 0 Å². The Hall–Kier alpha value is -0.400. The third-order valence-electron chi connectivity index (χ3n) is 0.697. The maximum absolute atomic E-state index is 10.1. The lowest BCUT2D eigenvalue weighted by Crippen LogP contribution is -1.75. The van der Waals surface area contributed by atoms with Gasteiger partial charge in [-0.1, -0.05) is 14.3 Å². The van der Waals surface area contributed by atoms with E-state index in [1.165, 1.54) is 0 Å². The Morgan fingerprint density at radius 3 is 2.50 bits per heavy atom. The molecular formula is C4H3O2PS. The average molecular weight is 146 g/mol. The quantitative estimate of drug-likeness (QED) is 0.364. The molecule has 1 heterocycles. The van der Waals surface area contributed by atoms with Crippen molar-refractivity contribution in [2.75, 3.05) is 0 Å². The summed E-state index contributed by atoms with van der Waals surface area (Å²) < 4.78 is 20.6. The van der Waals surface area contributed by atoms with Crippen LogP contribution in [0.1, 0.15) is 0 Å². The molecular weight excluding hydrogens is 143 g/mol. The van der Waals surface area contributed by atoms with Gasteiger partial charge in [-0.25, -0.2) is 0 Å². The van der Waals surface area contributed by atoms with Crippen LogP contribution in [0.3, 0.4) is 0 Å². The summed E-state index contributed by atoms with van der Waals surface area (Å²) in [5, 5.41) is 0. The van der Waals surface area contributed by atoms with Crippen molar-refractivity contribution < 1.29 is 8.42 Å². The summed E-state index contributed by atoms with van der Waals surface area (Å²) in [5.74, 6) is 1.78. The Labute approximate surface area is 50.2 Å². The minimum Gasteiger partial charge on any atom is -0.184 e. The van der Waals surface area contributed by atoms with E-state index in [1.54, 1.807) is 17.9 Å². The van der Waals surface area contributed by atoms with Gasteiger partial charge in [-0.3, -0.25) is 0 Å². The largest absolute Gasteiger partial charge is 0.226 e. The van der Waals surface area contributed by atoms with Crippen molar-refractivity contribution >= 4 is 28.9 Å². The lowest BCUT2D eigenvalue weighted by molar-refractivity contribution is 0.627. The third-order valence-corrected chi connectivity index (χ3v) is 2.66. The fourth-order valence-corrected chi connectivity index (χ4v) is 1.59. The van der Waals surface area contributed by atoms with Crippen molar-refractivity contribution in [3.8, 4) is 0 Å². The molecule has 1 aliphatic heterocycles. The standard InChI is InChI=1S/C4H3O2PS/c5-8(6)4-2-1-3-7-4/h1-3H. The second-order valence-corrected chi connectivity index (χ2v) is 3.46. The molecule has 1 aliphatic rings. The van der Waals surface area contributed by atoms with Crippen LogP contribution in [0.2, 0.25) is 0 Å². The molecule has 0 bridgehead atoms. The van der Waals surface area contributed by atoms with Crippen LogP contribution in [0.25, 0.3) is 0 Å². The van der Waals surface area contributed by atoms with E-state index in [2.05, 4.69) is 0 Å². The molecule has 4 heteroatoms. The fraction of sp³-hybridized carbons (Fsp3) is 0. The van der Waals surface area contributed by atoms with Gasteiger partial charge in [0.15, 0.2) is 0 Å². The van der Waals surface area contributed by atoms with Crippen LogP contribution in [-0.2, 0) is 10.3 Å². The highest BCUT2D eigenvalue weighted by atomic mass is 32.2. The average Bonchev–Trinajstić information content (AvgIpc) is 2.12. The molecule has 0 aromatic heterocycles. The van der Waals surface area contributed by atoms with Gasteiger partial charge in [-0.2, -0.15) is 8.42 Å². The molecule has 0 aromatic rings. The molecule has 0 radical (unpaired) electrons. The topological polar surface area (TPSA) is 34.1 Å². The van der Waals surface area contributed by atoms with E-state index in [1.807, 2.05) is 0 Å². The third kappa shape index (κ3) is 1.05. The fourth-order valence-electron chi connectivity index (χ4n) is 0.383. The minimum absolute atomic E-state index is 0.449. The Morgan fingerprint density at radius 2 is 2.25 bits per heavy atom. The summed E-state index contributed by atoms with van der Waals surface area (Å²) in [4.78, 5) is 0. The first-order chi connectivity index (χ1) is 3.80. The summed E-state index contributed by atoms with van der Waals surface area (Å²) >= 11 is 0. The van der Waals surface area contributed by atoms with Crippen LogP contribution in [0.4, 0.5) is 0 Å². The zero-order valence-electron chi connectivity index (χ0n) is 3.90. The van der Waals surface area contributed by atoms with Gasteiger partial charge in [0.1, 0.15) is 4.61 Å².